The molecule has 2 aromatic rings. The molecule has 1 N–H and O–H groups in total. The highest BCUT2D eigenvalue weighted by molar-refractivity contribution is 6.46. The van der Waals surface area contributed by atoms with Gasteiger partial charge in [-0.2, -0.15) is 0 Å². The average Bonchev–Trinajstić information content (AvgIpc) is 3.07. The Bertz CT molecular complexity index is 1110. The Hall–Kier alpha value is -3.52. The first-order valence-corrected chi connectivity index (χ1v) is 11.0. The van der Waals surface area contributed by atoms with E-state index < -0.39 is 17.7 Å². The normalized spacial score (nSPS) is 17.4. The van der Waals surface area contributed by atoms with Crippen molar-refractivity contribution < 1.29 is 28.9 Å². The number of nitrogens with zero attached hydrogens (tertiary/aromatic N) is 2. The van der Waals surface area contributed by atoms with Gasteiger partial charge in [0.1, 0.15) is 23.0 Å². The fourth-order valence-electron chi connectivity index (χ4n) is 4.21. The van der Waals surface area contributed by atoms with E-state index in [2.05, 4.69) is 0 Å². The Morgan fingerprint density at radius 1 is 1.00 bits per heavy atom. The summed E-state index contributed by atoms with van der Waals surface area (Å²) in [7, 11) is 8.52. The van der Waals surface area contributed by atoms with Crippen LogP contribution in [0.4, 0.5) is 0 Å². The number of amides is 1. The van der Waals surface area contributed by atoms with Crippen LogP contribution in [-0.4, -0.2) is 75.1 Å². The van der Waals surface area contributed by atoms with Crippen LogP contribution >= 0.6 is 0 Å². The quantitative estimate of drug-likeness (QED) is 0.343. The summed E-state index contributed by atoms with van der Waals surface area (Å²) in [5.41, 5.74) is 1.81. The number of rotatable bonds is 9. The molecule has 0 saturated carbocycles. The molecule has 0 spiro atoms. The number of ether oxygens (including phenoxy) is 3. The zero-order valence-electron chi connectivity index (χ0n) is 20.5. The highest BCUT2D eigenvalue weighted by Crippen LogP contribution is 2.44. The van der Waals surface area contributed by atoms with Crippen molar-refractivity contribution in [1.29, 1.82) is 0 Å². The Kier molecular flexibility index (Phi) is 7.83. The molecule has 1 amide bonds. The smallest absolute Gasteiger partial charge is 0.295 e. The Balaban J connectivity index is 2.19. The van der Waals surface area contributed by atoms with Gasteiger partial charge in [0.15, 0.2) is 0 Å². The van der Waals surface area contributed by atoms with E-state index in [0.29, 0.717) is 41.3 Å². The molecule has 0 aliphatic carbocycles. The van der Waals surface area contributed by atoms with Crippen LogP contribution in [0.3, 0.4) is 0 Å². The monoisotopic (exact) mass is 468 g/mol. The average molecular weight is 469 g/mol. The summed E-state index contributed by atoms with van der Waals surface area (Å²) in [5, 5.41) is 11.3. The predicted molar refractivity (Wildman–Crippen MR) is 129 cm³/mol. The summed E-state index contributed by atoms with van der Waals surface area (Å²) in [6.07, 6.45) is 0.663. The summed E-state index contributed by atoms with van der Waals surface area (Å²) >= 11 is 0. The van der Waals surface area contributed by atoms with E-state index in [9.17, 15) is 14.7 Å². The highest BCUT2D eigenvalue weighted by Gasteiger charge is 2.47. The largest absolute Gasteiger partial charge is 0.507 e. The van der Waals surface area contributed by atoms with E-state index in [0.717, 1.165) is 12.1 Å². The third-order valence-corrected chi connectivity index (χ3v) is 5.97. The van der Waals surface area contributed by atoms with Crippen LogP contribution in [0.2, 0.25) is 0 Å². The van der Waals surface area contributed by atoms with Crippen LogP contribution in [0.1, 0.15) is 29.2 Å². The number of hydrogen-bond acceptors (Lipinski definition) is 7. The second-order valence-corrected chi connectivity index (χ2v) is 8.44. The molecule has 0 aromatic heterocycles. The van der Waals surface area contributed by atoms with E-state index in [-0.39, 0.29) is 11.3 Å². The van der Waals surface area contributed by atoms with Gasteiger partial charge in [-0.15, -0.1) is 0 Å². The van der Waals surface area contributed by atoms with Crippen LogP contribution in [0, 0.1) is 6.92 Å². The summed E-state index contributed by atoms with van der Waals surface area (Å²) in [5.74, 6) is 0.0789. The van der Waals surface area contributed by atoms with E-state index in [1.54, 1.807) is 50.6 Å². The summed E-state index contributed by atoms with van der Waals surface area (Å²) in [6.45, 7) is 2.90. The molecule has 1 atom stereocenters. The van der Waals surface area contributed by atoms with Gasteiger partial charge in [0.25, 0.3) is 11.7 Å². The lowest BCUT2D eigenvalue weighted by Crippen LogP contribution is -2.32. The second-order valence-electron chi connectivity index (χ2n) is 8.44. The number of benzene rings is 2. The third-order valence-electron chi connectivity index (χ3n) is 5.97. The predicted octanol–water partition coefficient (Wildman–Crippen LogP) is 3.39. The molecular formula is C26H32N2O6. The van der Waals surface area contributed by atoms with Crippen molar-refractivity contribution in [2.24, 2.45) is 0 Å². The van der Waals surface area contributed by atoms with Gasteiger partial charge in [-0.05, 0) is 69.9 Å². The summed E-state index contributed by atoms with van der Waals surface area (Å²) < 4.78 is 16.2. The summed E-state index contributed by atoms with van der Waals surface area (Å²) in [6, 6.07) is 9.57. The molecule has 8 nitrogen and oxygen atoms in total. The van der Waals surface area contributed by atoms with Gasteiger partial charge in [-0.3, -0.25) is 9.59 Å². The third kappa shape index (κ3) is 4.87. The number of ketones is 1. The first-order valence-electron chi connectivity index (χ1n) is 11.0. The topological polar surface area (TPSA) is 88.5 Å². The van der Waals surface area contributed by atoms with Crippen LogP contribution in [0.25, 0.3) is 5.76 Å². The maximum Gasteiger partial charge on any atom is 0.295 e. The van der Waals surface area contributed by atoms with Crippen molar-refractivity contribution in [3.05, 3.63) is 58.7 Å². The minimum Gasteiger partial charge on any atom is -0.507 e. The highest BCUT2D eigenvalue weighted by atomic mass is 16.5. The van der Waals surface area contributed by atoms with Gasteiger partial charge in [0.2, 0.25) is 0 Å². The zero-order valence-corrected chi connectivity index (χ0v) is 20.5. The molecule has 8 heteroatoms. The van der Waals surface area contributed by atoms with E-state index in [1.807, 2.05) is 25.9 Å². The summed E-state index contributed by atoms with van der Waals surface area (Å²) in [4.78, 5) is 29.9. The maximum atomic E-state index is 13.3. The lowest BCUT2D eigenvalue weighted by Gasteiger charge is -2.27. The van der Waals surface area contributed by atoms with Crippen molar-refractivity contribution in [2.45, 2.75) is 19.4 Å². The Morgan fingerprint density at radius 3 is 2.24 bits per heavy atom. The van der Waals surface area contributed by atoms with E-state index in [1.165, 1.54) is 12.0 Å². The first kappa shape index (κ1) is 25.1. The number of aliphatic hydroxyl groups is 1. The van der Waals surface area contributed by atoms with Crippen LogP contribution in [-0.2, 0) is 9.59 Å². The fraction of sp³-hybridized carbons (Fsp3) is 0.385. The van der Waals surface area contributed by atoms with Crippen molar-refractivity contribution >= 4 is 17.4 Å². The molecule has 1 aliphatic heterocycles. The number of hydrogen-bond donors (Lipinski definition) is 1. The van der Waals surface area contributed by atoms with Gasteiger partial charge in [-0.25, -0.2) is 0 Å². The molecule has 0 unspecified atom stereocenters. The van der Waals surface area contributed by atoms with E-state index >= 15 is 0 Å². The number of carbonyl (C=O) groups excluding carboxylic acids is 2. The SMILES string of the molecule is COc1ccc(C(O)=C2C(=O)C(=O)N(CCCN(C)C)[C@H]2c2ccc(OC)cc2OC)c(C)c1. The molecule has 1 fully saturated rings. The zero-order chi connectivity index (χ0) is 25.0. The Labute approximate surface area is 200 Å². The number of Topliss-reactive ketones (excluding diaryl/α,β-unsaturated/α-hetero) is 1. The van der Waals surface area contributed by atoms with Gasteiger partial charge in [-0.1, -0.05) is 0 Å². The van der Waals surface area contributed by atoms with Crippen molar-refractivity contribution in [3.63, 3.8) is 0 Å². The minimum absolute atomic E-state index is 0.0339. The van der Waals surface area contributed by atoms with Crippen LogP contribution in [0.15, 0.2) is 42.0 Å². The van der Waals surface area contributed by atoms with Crippen LogP contribution in [0.5, 0.6) is 17.2 Å². The molecule has 1 saturated heterocycles. The molecule has 3 rings (SSSR count). The van der Waals surface area contributed by atoms with Crippen molar-refractivity contribution in [2.75, 3.05) is 48.5 Å². The molecule has 1 heterocycles. The number of aliphatic hydroxyl groups excluding tert-OH is 1. The molecule has 182 valence electrons. The molecule has 34 heavy (non-hydrogen) atoms. The standard InChI is InChI=1S/C26H32N2O6/c1-16-14-17(32-4)8-10-19(16)24(29)22-23(20-11-9-18(33-5)15-21(20)34-6)28(26(31)25(22)30)13-7-12-27(2)3/h8-11,14-15,23,29H,7,12-13H2,1-6H3/t23-/m0/s1. The van der Waals surface area contributed by atoms with Gasteiger partial charge < -0.3 is 29.1 Å². The fourth-order valence-corrected chi connectivity index (χ4v) is 4.21. The number of methoxy groups -OCH3 is 3. The second kappa shape index (κ2) is 10.6. The molecule has 0 bridgehead atoms. The Morgan fingerprint density at radius 2 is 1.65 bits per heavy atom. The van der Waals surface area contributed by atoms with Crippen molar-refractivity contribution in [1.82, 2.24) is 9.80 Å². The van der Waals surface area contributed by atoms with Gasteiger partial charge >= 0.3 is 0 Å². The van der Waals surface area contributed by atoms with Crippen molar-refractivity contribution in [3.8, 4) is 17.2 Å². The van der Waals surface area contributed by atoms with Gasteiger partial charge in [0.05, 0.1) is 32.9 Å². The minimum atomic E-state index is -0.801. The lowest BCUT2D eigenvalue weighted by atomic mass is 9.93. The first-order chi connectivity index (χ1) is 16.2. The van der Waals surface area contributed by atoms with Gasteiger partial charge in [0, 0.05) is 23.7 Å². The molecule has 1 aliphatic rings. The number of carbonyl (C=O) groups is 2. The number of aryl methyl sites for hydroxylation is 1. The van der Waals surface area contributed by atoms with Crippen LogP contribution < -0.4 is 14.2 Å². The molecule has 0 radical (unpaired) electrons. The lowest BCUT2D eigenvalue weighted by molar-refractivity contribution is -0.140. The molecular weight excluding hydrogens is 436 g/mol. The maximum absolute atomic E-state index is 13.3. The molecule has 2 aromatic carbocycles. The number of likely N-dealkylation sites (tertiary alicyclic amines) is 1. The van der Waals surface area contributed by atoms with E-state index in [4.69, 9.17) is 14.2 Å².